The molecule has 2 nitrogen and oxygen atoms in total. The van der Waals surface area contributed by atoms with E-state index in [0.29, 0.717) is 16.7 Å². The van der Waals surface area contributed by atoms with Crippen molar-refractivity contribution in [3.8, 4) is 0 Å². The van der Waals surface area contributed by atoms with Gasteiger partial charge in [0.2, 0.25) is 0 Å². The summed E-state index contributed by atoms with van der Waals surface area (Å²) in [5.41, 5.74) is -0.970. The molecule has 0 radical (unpaired) electrons. The molecule has 0 aliphatic heterocycles. The second-order valence-electron chi connectivity index (χ2n) is 3.33. The number of halogens is 4. The summed E-state index contributed by atoms with van der Waals surface area (Å²) in [5.74, 6) is 1.51. The predicted octanol–water partition coefficient (Wildman–Crippen LogP) is 3.46. The molecule has 7 heteroatoms. The highest BCUT2D eigenvalue weighted by molar-refractivity contribution is 7.99. The van der Waals surface area contributed by atoms with Crippen molar-refractivity contribution in [2.24, 2.45) is 5.92 Å². The van der Waals surface area contributed by atoms with Crippen molar-refractivity contribution in [2.75, 3.05) is 11.6 Å². The number of thioether (sulfide) groups is 1. The van der Waals surface area contributed by atoms with Gasteiger partial charge in [-0.3, -0.25) is 0 Å². The summed E-state index contributed by atoms with van der Waals surface area (Å²) in [6.45, 7) is 1.96. The summed E-state index contributed by atoms with van der Waals surface area (Å²) < 4.78 is 36.5. The topological polar surface area (TPSA) is 25.8 Å². The lowest BCUT2D eigenvalue weighted by molar-refractivity contribution is -0.141. The monoisotopic (exact) mass is 270 g/mol. The van der Waals surface area contributed by atoms with Crippen molar-refractivity contribution >= 4 is 23.4 Å². The summed E-state index contributed by atoms with van der Waals surface area (Å²) in [4.78, 5) is 0. The molecular formula is C9H10ClF3N2S. The Bertz CT molecular complexity index is 329. The van der Waals surface area contributed by atoms with Gasteiger partial charge < -0.3 is 0 Å². The van der Waals surface area contributed by atoms with E-state index in [4.69, 9.17) is 11.6 Å². The molecule has 0 saturated heterocycles. The first-order chi connectivity index (χ1) is 7.43. The molecule has 0 aliphatic rings. The van der Waals surface area contributed by atoms with Gasteiger partial charge in [0.15, 0.2) is 5.69 Å². The van der Waals surface area contributed by atoms with Crippen LogP contribution in [0.3, 0.4) is 0 Å². The van der Waals surface area contributed by atoms with Crippen molar-refractivity contribution < 1.29 is 13.2 Å². The lowest BCUT2D eigenvalue weighted by Crippen LogP contribution is -2.09. The lowest BCUT2D eigenvalue weighted by atomic mass is 10.3. The molecule has 1 aromatic rings. The molecular weight excluding hydrogens is 261 g/mol. The van der Waals surface area contributed by atoms with E-state index in [0.717, 1.165) is 6.07 Å². The van der Waals surface area contributed by atoms with E-state index < -0.39 is 11.9 Å². The Morgan fingerprint density at radius 2 is 2.06 bits per heavy atom. The van der Waals surface area contributed by atoms with Gasteiger partial charge in [0.25, 0.3) is 0 Å². The van der Waals surface area contributed by atoms with Crippen LogP contribution in [0.2, 0.25) is 0 Å². The zero-order chi connectivity index (χ0) is 12.2. The Kier molecular flexibility index (Phi) is 4.86. The summed E-state index contributed by atoms with van der Waals surface area (Å²) in [5, 5.41) is 7.10. The molecule has 0 bridgehead atoms. The fraction of sp³-hybridized carbons (Fsp3) is 0.556. The van der Waals surface area contributed by atoms with Gasteiger partial charge >= 0.3 is 6.18 Å². The molecule has 0 spiro atoms. The van der Waals surface area contributed by atoms with Crippen molar-refractivity contribution in [2.45, 2.75) is 18.1 Å². The van der Waals surface area contributed by atoms with Gasteiger partial charge in [-0.2, -0.15) is 13.2 Å². The van der Waals surface area contributed by atoms with Gasteiger partial charge in [0.05, 0.1) is 0 Å². The molecule has 0 aliphatic carbocycles. The molecule has 0 aromatic carbocycles. The minimum Gasteiger partial charge on any atom is -0.164 e. The predicted molar refractivity (Wildman–Crippen MR) is 57.6 cm³/mol. The van der Waals surface area contributed by atoms with Crippen LogP contribution >= 0.6 is 23.4 Å². The fourth-order valence-electron chi connectivity index (χ4n) is 0.820. The van der Waals surface area contributed by atoms with Gasteiger partial charge in [0, 0.05) is 11.6 Å². The van der Waals surface area contributed by atoms with Crippen molar-refractivity contribution in [3.63, 3.8) is 0 Å². The van der Waals surface area contributed by atoms with E-state index in [1.165, 1.54) is 17.8 Å². The molecule has 0 amide bonds. The molecule has 0 fully saturated rings. The highest BCUT2D eigenvalue weighted by Gasteiger charge is 2.32. The number of rotatable bonds is 4. The van der Waals surface area contributed by atoms with E-state index in [1.807, 2.05) is 6.92 Å². The van der Waals surface area contributed by atoms with Crippen LogP contribution in [0.4, 0.5) is 13.2 Å². The van der Waals surface area contributed by atoms with E-state index in [-0.39, 0.29) is 5.92 Å². The molecule has 16 heavy (non-hydrogen) atoms. The van der Waals surface area contributed by atoms with Gasteiger partial charge in [-0.15, -0.1) is 33.6 Å². The third-order valence-electron chi connectivity index (χ3n) is 1.71. The third kappa shape index (κ3) is 4.17. The lowest BCUT2D eigenvalue weighted by Gasteiger charge is -2.07. The van der Waals surface area contributed by atoms with Crippen LogP contribution in [-0.2, 0) is 6.18 Å². The Hall–Kier alpha value is -0.490. The molecule has 1 atom stereocenters. The molecule has 0 saturated carbocycles. The Morgan fingerprint density at radius 3 is 2.50 bits per heavy atom. The number of aromatic nitrogens is 2. The van der Waals surface area contributed by atoms with Crippen LogP contribution in [0.25, 0.3) is 0 Å². The van der Waals surface area contributed by atoms with Crippen molar-refractivity contribution in [1.29, 1.82) is 0 Å². The molecule has 1 rings (SSSR count). The largest absolute Gasteiger partial charge is 0.435 e. The van der Waals surface area contributed by atoms with E-state index in [1.54, 1.807) is 0 Å². The fourth-order valence-corrected chi connectivity index (χ4v) is 1.89. The standard InChI is InChI=1S/C9H10ClF3N2S/c1-6(4-10)5-16-8-3-2-7(14-15-8)9(11,12)13/h2-3,6H,4-5H2,1H3. The van der Waals surface area contributed by atoms with E-state index >= 15 is 0 Å². The highest BCUT2D eigenvalue weighted by atomic mass is 35.5. The molecule has 1 aromatic heterocycles. The number of hydrogen-bond acceptors (Lipinski definition) is 3. The first-order valence-corrected chi connectivity index (χ1v) is 6.05. The van der Waals surface area contributed by atoms with Crippen LogP contribution in [0.15, 0.2) is 17.2 Å². The Balaban J connectivity index is 2.58. The Morgan fingerprint density at radius 1 is 1.38 bits per heavy atom. The van der Waals surface area contributed by atoms with Crippen LogP contribution in [-0.4, -0.2) is 21.8 Å². The molecule has 1 unspecified atom stereocenters. The first kappa shape index (κ1) is 13.6. The zero-order valence-electron chi connectivity index (χ0n) is 8.46. The van der Waals surface area contributed by atoms with Crippen LogP contribution in [0, 0.1) is 5.92 Å². The summed E-state index contributed by atoms with van der Waals surface area (Å²) >= 11 is 6.95. The second-order valence-corrected chi connectivity index (χ2v) is 4.67. The van der Waals surface area contributed by atoms with Gasteiger partial charge in [-0.05, 0) is 18.1 Å². The number of nitrogens with zero attached hydrogens (tertiary/aromatic N) is 2. The van der Waals surface area contributed by atoms with Crippen LogP contribution in [0.5, 0.6) is 0 Å². The van der Waals surface area contributed by atoms with E-state index in [2.05, 4.69) is 10.2 Å². The average Bonchev–Trinajstić information content (AvgIpc) is 2.25. The SMILES string of the molecule is CC(CCl)CSc1ccc(C(F)(F)F)nn1. The molecule has 90 valence electrons. The minimum absolute atomic E-state index is 0.288. The summed E-state index contributed by atoms with van der Waals surface area (Å²) in [6.07, 6.45) is -4.43. The number of alkyl halides is 4. The maximum Gasteiger partial charge on any atom is 0.435 e. The maximum absolute atomic E-state index is 12.2. The minimum atomic E-state index is -4.43. The number of hydrogen-bond donors (Lipinski definition) is 0. The highest BCUT2D eigenvalue weighted by Crippen LogP contribution is 2.28. The summed E-state index contributed by atoms with van der Waals surface area (Å²) in [6, 6.07) is 2.25. The van der Waals surface area contributed by atoms with Crippen molar-refractivity contribution in [1.82, 2.24) is 10.2 Å². The zero-order valence-corrected chi connectivity index (χ0v) is 10.0. The molecule has 0 N–H and O–H groups in total. The van der Waals surface area contributed by atoms with Gasteiger partial charge in [-0.1, -0.05) is 6.92 Å². The van der Waals surface area contributed by atoms with E-state index in [9.17, 15) is 13.2 Å². The van der Waals surface area contributed by atoms with Crippen molar-refractivity contribution in [3.05, 3.63) is 17.8 Å². The third-order valence-corrected chi connectivity index (χ3v) is 3.49. The van der Waals surface area contributed by atoms with Crippen LogP contribution < -0.4 is 0 Å². The Labute approximate surface area is 101 Å². The summed E-state index contributed by atoms with van der Waals surface area (Å²) in [7, 11) is 0. The average molecular weight is 271 g/mol. The molecule has 1 heterocycles. The van der Waals surface area contributed by atoms with Crippen LogP contribution in [0.1, 0.15) is 12.6 Å². The normalized spacial score (nSPS) is 13.8. The maximum atomic E-state index is 12.2. The van der Waals surface area contributed by atoms with Gasteiger partial charge in [-0.25, -0.2) is 0 Å². The van der Waals surface area contributed by atoms with Gasteiger partial charge in [0.1, 0.15) is 5.03 Å². The second kappa shape index (κ2) is 5.72. The quantitative estimate of drug-likeness (QED) is 0.619. The smallest absolute Gasteiger partial charge is 0.164 e. The first-order valence-electron chi connectivity index (χ1n) is 4.53.